The highest BCUT2D eigenvalue weighted by Crippen LogP contribution is 2.07. The summed E-state index contributed by atoms with van der Waals surface area (Å²) in [6, 6.07) is 0. The summed E-state index contributed by atoms with van der Waals surface area (Å²) in [5.41, 5.74) is 2.07. The number of carbonyl (C=O) groups is 1. The summed E-state index contributed by atoms with van der Waals surface area (Å²) >= 11 is 1.39. The lowest BCUT2D eigenvalue weighted by molar-refractivity contribution is 0.0923. The van der Waals surface area contributed by atoms with Crippen molar-refractivity contribution in [3.63, 3.8) is 0 Å². The third-order valence-electron chi connectivity index (χ3n) is 2.49. The van der Waals surface area contributed by atoms with Crippen LogP contribution in [-0.4, -0.2) is 41.7 Å². The fraction of sp³-hybridized carbons (Fsp3) is 0.556. The van der Waals surface area contributed by atoms with Gasteiger partial charge in [-0.2, -0.15) is 0 Å². The summed E-state index contributed by atoms with van der Waals surface area (Å²) in [6.07, 6.45) is -0.360. The minimum absolute atomic E-state index is 0. The van der Waals surface area contributed by atoms with Crippen LogP contribution in [0.1, 0.15) is 10.5 Å². The van der Waals surface area contributed by atoms with Gasteiger partial charge in [-0.1, -0.05) is 0 Å². The highest BCUT2D eigenvalue weighted by Gasteiger charge is 2.25. The van der Waals surface area contributed by atoms with Crippen LogP contribution in [0.25, 0.3) is 0 Å². The van der Waals surface area contributed by atoms with Gasteiger partial charge < -0.3 is 15.7 Å². The molecule has 2 rings (SSSR count). The van der Waals surface area contributed by atoms with Gasteiger partial charge in [0.15, 0.2) is 0 Å². The highest BCUT2D eigenvalue weighted by molar-refractivity contribution is 7.07. The molecular weight excluding hydrogens is 285 g/mol. The number of amides is 1. The van der Waals surface area contributed by atoms with Gasteiger partial charge >= 0.3 is 0 Å². The van der Waals surface area contributed by atoms with Crippen molar-refractivity contribution in [1.82, 2.24) is 15.6 Å². The normalized spacial score (nSPS) is 22.4. The molecule has 1 aliphatic heterocycles. The molecule has 1 aromatic heterocycles. The van der Waals surface area contributed by atoms with Gasteiger partial charge in [-0.25, -0.2) is 4.98 Å². The third-order valence-corrected chi connectivity index (χ3v) is 3.08. The number of rotatable bonds is 3. The zero-order chi connectivity index (χ0) is 10.7. The van der Waals surface area contributed by atoms with E-state index >= 15 is 0 Å². The molecule has 3 N–H and O–H groups in total. The molecule has 1 amide bonds. The third kappa shape index (κ3) is 4.40. The van der Waals surface area contributed by atoms with Crippen LogP contribution in [-0.2, 0) is 0 Å². The van der Waals surface area contributed by atoms with E-state index in [1.54, 1.807) is 10.9 Å². The first-order valence-corrected chi connectivity index (χ1v) is 5.77. The largest absolute Gasteiger partial charge is 0.391 e. The number of carbonyl (C=O) groups excluding carboxylic acids is 1. The van der Waals surface area contributed by atoms with Crippen molar-refractivity contribution in [3.05, 3.63) is 16.6 Å². The maximum Gasteiger partial charge on any atom is 0.270 e. The Morgan fingerprint density at radius 3 is 2.88 bits per heavy atom. The molecule has 17 heavy (non-hydrogen) atoms. The molecule has 1 fully saturated rings. The first-order valence-electron chi connectivity index (χ1n) is 4.82. The average Bonchev–Trinajstić information content (AvgIpc) is 2.85. The van der Waals surface area contributed by atoms with E-state index in [1.165, 1.54) is 11.3 Å². The number of aliphatic hydroxyl groups is 1. The van der Waals surface area contributed by atoms with Crippen molar-refractivity contribution in [3.8, 4) is 0 Å². The van der Waals surface area contributed by atoms with Crippen LogP contribution in [0.5, 0.6) is 0 Å². The first-order chi connectivity index (χ1) is 7.27. The van der Waals surface area contributed by atoms with Crippen molar-refractivity contribution in [2.24, 2.45) is 5.92 Å². The van der Waals surface area contributed by atoms with Crippen LogP contribution >= 0.6 is 36.2 Å². The quantitative estimate of drug-likeness (QED) is 0.750. The number of hydrogen-bond acceptors (Lipinski definition) is 5. The maximum atomic E-state index is 11.5. The molecule has 1 aromatic rings. The van der Waals surface area contributed by atoms with Gasteiger partial charge in [-0.05, 0) is 0 Å². The average molecular weight is 300 g/mol. The second-order valence-corrected chi connectivity index (χ2v) is 4.29. The van der Waals surface area contributed by atoms with Gasteiger partial charge in [-0.3, -0.25) is 4.79 Å². The van der Waals surface area contributed by atoms with Crippen LogP contribution < -0.4 is 10.6 Å². The van der Waals surface area contributed by atoms with E-state index in [4.69, 9.17) is 0 Å². The van der Waals surface area contributed by atoms with Gasteiger partial charge in [0, 0.05) is 30.9 Å². The van der Waals surface area contributed by atoms with E-state index in [9.17, 15) is 9.90 Å². The lowest BCUT2D eigenvalue weighted by Gasteiger charge is -2.13. The van der Waals surface area contributed by atoms with E-state index in [1.807, 2.05) is 0 Å². The van der Waals surface area contributed by atoms with Crippen molar-refractivity contribution >= 4 is 42.1 Å². The fourth-order valence-electron chi connectivity index (χ4n) is 1.57. The zero-order valence-electron chi connectivity index (χ0n) is 8.96. The Morgan fingerprint density at radius 1 is 1.59 bits per heavy atom. The Morgan fingerprint density at radius 2 is 2.35 bits per heavy atom. The second-order valence-electron chi connectivity index (χ2n) is 3.57. The Balaban J connectivity index is 0.00000128. The number of aromatic nitrogens is 1. The Kier molecular flexibility index (Phi) is 7.65. The van der Waals surface area contributed by atoms with Crippen LogP contribution in [0.3, 0.4) is 0 Å². The predicted octanol–water partition coefficient (Wildman–Crippen LogP) is 0.297. The summed E-state index contributed by atoms with van der Waals surface area (Å²) < 4.78 is 0. The molecule has 0 saturated carbocycles. The second kappa shape index (κ2) is 7.84. The van der Waals surface area contributed by atoms with Crippen molar-refractivity contribution in [1.29, 1.82) is 0 Å². The molecule has 2 heterocycles. The maximum absolute atomic E-state index is 11.5. The molecule has 2 atom stereocenters. The number of nitrogens with one attached hydrogen (secondary N) is 2. The molecule has 0 radical (unpaired) electrons. The van der Waals surface area contributed by atoms with Gasteiger partial charge in [0.2, 0.25) is 0 Å². The Bertz CT molecular complexity index is 337. The molecule has 1 aliphatic rings. The number of halogens is 2. The van der Waals surface area contributed by atoms with Crippen LogP contribution in [0, 0.1) is 5.92 Å². The summed E-state index contributed by atoms with van der Waals surface area (Å²) in [5, 5.41) is 17.0. The Hall–Kier alpha value is -0.400. The molecule has 0 aromatic carbocycles. The van der Waals surface area contributed by atoms with E-state index in [2.05, 4.69) is 15.6 Å². The standard InChI is InChI=1S/C9H13N3O2S.2ClH/c13-8-3-10-1-6(8)2-11-9(14)7-4-15-5-12-7;;/h4-6,8,10,13H,1-3H2,(H,11,14);2*1H. The summed E-state index contributed by atoms with van der Waals surface area (Å²) in [5.74, 6) is -0.0667. The van der Waals surface area contributed by atoms with Crippen molar-refractivity contribution in [2.75, 3.05) is 19.6 Å². The monoisotopic (exact) mass is 299 g/mol. The van der Waals surface area contributed by atoms with Crippen LogP contribution in [0.4, 0.5) is 0 Å². The molecule has 8 heteroatoms. The Labute approximate surface area is 116 Å². The van der Waals surface area contributed by atoms with Gasteiger partial charge in [0.05, 0.1) is 11.6 Å². The minimum atomic E-state index is -0.360. The van der Waals surface area contributed by atoms with Crippen LogP contribution in [0.2, 0.25) is 0 Å². The number of β-amino-alcohol motifs (C(OH)–C–C–N with tert-alkyl or cyclic N) is 1. The van der Waals surface area contributed by atoms with E-state index in [0.29, 0.717) is 18.8 Å². The van der Waals surface area contributed by atoms with Crippen molar-refractivity contribution in [2.45, 2.75) is 6.10 Å². The van der Waals surface area contributed by atoms with Crippen LogP contribution in [0.15, 0.2) is 10.9 Å². The molecule has 0 aliphatic carbocycles. The number of nitrogens with zero attached hydrogens (tertiary/aromatic N) is 1. The zero-order valence-corrected chi connectivity index (χ0v) is 11.4. The fourth-order valence-corrected chi connectivity index (χ4v) is 2.10. The minimum Gasteiger partial charge on any atom is -0.391 e. The van der Waals surface area contributed by atoms with E-state index in [-0.39, 0.29) is 42.7 Å². The lowest BCUT2D eigenvalue weighted by Crippen LogP contribution is -2.34. The summed E-state index contributed by atoms with van der Waals surface area (Å²) in [4.78, 5) is 15.4. The number of aliphatic hydroxyl groups excluding tert-OH is 1. The molecule has 1 saturated heterocycles. The molecule has 98 valence electrons. The smallest absolute Gasteiger partial charge is 0.270 e. The molecule has 5 nitrogen and oxygen atoms in total. The van der Waals surface area contributed by atoms with Gasteiger partial charge in [0.25, 0.3) is 5.91 Å². The number of hydrogen-bond donors (Lipinski definition) is 3. The molecular formula is C9H15Cl2N3O2S. The summed E-state index contributed by atoms with van der Waals surface area (Å²) in [6.45, 7) is 1.85. The topological polar surface area (TPSA) is 74.2 Å². The van der Waals surface area contributed by atoms with Gasteiger partial charge in [-0.15, -0.1) is 36.2 Å². The van der Waals surface area contributed by atoms with Gasteiger partial charge in [0.1, 0.15) is 5.69 Å². The summed E-state index contributed by atoms with van der Waals surface area (Å²) in [7, 11) is 0. The number of thiazole rings is 1. The molecule has 0 bridgehead atoms. The lowest BCUT2D eigenvalue weighted by atomic mass is 10.1. The van der Waals surface area contributed by atoms with E-state index in [0.717, 1.165) is 6.54 Å². The molecule has 2 unspecified atom stereocenters. The predicted molar refractivity (Wildman–Crippen MR) is 71.3 cm³/mol. The highest BCUT2D eigenvalue weighted by atomic mass is 35.5. The van der Waals surface area contributed by atoms with Crippen molar-refractivity contribution < 1.29 is 9.90 Å². The SMILES string of the molecule is Cl.Cl.O=C(NCC1CNCC1O)c1cscn1. The molecule has 0 spiro atoms. The van der Waals surface area contributed by atoms with E-state index < -0.39 is 0 Å². The first kappa shape index (κ1) is 16.6.